The number of amides is 1. The van der Waals surface area contributed by atoms with Crippen molar-refractivity contribution in [2.24, 2.45) is 0 Å². The second-order valence-corrected chi connectivity index (χ2v) is 10.5. The van der Waals surface area contributed by atoms with Gasteiger partial charge in [-0.3, -0.25) is 9.59 Å². The lowest BCUT2D eigenvalue weighted by Crippen LogP contribution is -2.42. The molecule has 4 aromatic rings. The first-order valence-electron chi connectivity index (χ1n) is 13.3. The summed E-state index contributed by atoms with van der Waals surface area (Å²) in [7, 11) is 0. The number of hydrogen-bond acceptors (Lipinski definition) is 5. The van der Waals surface area contributed by atoms with Crippen LogP contribution in [0.1, 0.15) is 47.2 Å². The van der Waals surface area contributed by atoms with Crippen LogP contribution in [0.25, 0.3) is 11.1 Å². The standard InChI is InChI=1S/C31H25F4N3O4/c32-22-8-3-7-21(16-22)30(11-12-30)29-36-25-10-13-38(17-24(25)27(40)37-29)28(41)26(39)20-6-1-4-18(14-20)19-5-2-9-23(15-19)42-31(33,34)35/h1-9,14-16,26,39H,10-13,17H2,(H,36,37,40). The molecule has 1 amide bonds. The lowest BCUT2D eigenvalue weighted by Gasteiger charge is -2.30. The Morgan fingerprint density at radius 1 is 1.02 bits per heavy atom. The number of aliphatic hydroxyl groups is 1. The fourth-order valence-electron chi connectivity index (χ4n) is 5.49. The topological polar surface area (TPSA) is 95.5 Å². The number of aromatic amines is 1. The van der Waals surface area contributed by atoms with Gasteiger partial charge in [-0.2, -0.15) is 0 Å². The van der Waals surface area contributed by atoms with Crippen LogP contribution in [0.5, 0.6) is 5.75 Å². The van der Waals surface area contributed by atoms with E-state index in [0.29, 0.717) is 34.6 Å². The SMILES string of the molecule is O=C(C(O)c1cccc(-c2cccc(OC(F)(F)F)c2)c1)N1CCc2nc(C3(c4cccc(F)c4)CC3)[nH]c(=O)c2C1. The van der Waals surface area contributed by atoms with E-state index in [4.69, 9.17) is 4.98 Å². The zero-order valence-corrected chi connectivity index (χ0v) is 22.1. The number of hydrogen-bond donors (Lipinski definition) is 2. The second kappa shape index (κ2) is 10.4. The summed E-state index contributed by atoms with van der Waals surface area (Å²) in [5.41, 5.74) is 1.87. The van der Waals surface area contributed by atoms with Gasteiger partial charge in [-0.1, -0.05) is 42.5 Å². The molecule has 2 aliphatic rings. The van der Waals surface area contributed by atoms with Crippen molar-refractivity contribution in [3.8, 4) is 16.9 Å². The molecular weight excluding hydrogens is 554 g/mol. The van der Waals surface area contributed by atoms with E-state index in [2.05, 4.69) is 9.72 Å². The number of halogens is 4. The largest absolute Gasteiger partial charge is 0.573 e. The highest BCUT2D eigenvalue weighted by atomic mass is 19.4. The maximum absolute atomic E-state index is 13.9. The van der Waals surface area contributed by atoms with Crippen LogP contribution in [-0.4, -0.2) is 38.8 Å². The third-order valence-electron chi connectivity index (χ3n) is 7.80. The fourth-order valence-corrected chi connectivity index (χ4v) is 5.49. The Hall–Kier alpha value is -4.51. The van der Waals surface area contributed by atoms with E-state index in [9.17, 15) is 32.3 Å². The van der Waals surface area contributed by atoms with Gasteiger partial charge in [0.1, 0.15) is 17.4 Å². The molecule has 0 bridgehead atoms. The highest BCUT2D eigenvalue weighted by molar-refractivity contribution is 5.83. The molecule has 1 aromatic heterocycles. The van der Waals surface area contributed by atoms with Crippen molar-refractivity contribution in [2.75, 3.05) is 6.54 Å². The highest BCUT2D eigenvalue weighted by Gasteiger charge is 2.49. The molecule has 0 spiro atoms. The Kier molecular flexibility index (Phi) is 6.84. The molecule has 1 atom stereocenters. The fraction of sp³-hybridized carbons (Fsp3) is 0.258. The third kappa shape index (κ3) is 5.39. The average Bonchev–Trinajstić information content (AvgIpc) is 3.78. The van der Waals surface area contributed by atoms with Crippen LogP contribution < -0.4 is 10.3 Å². The van der Waals surface area contributed by atoms with Gasteiger partial charge < -0.3 is 19.7 Å². The summed E-state index contributed by atoms with van der Waals surface area (Å²) >= 11 is 0. The number of aromatic nitrogens is 2. The van der Waals surface area contributed by atoms with Crippen molar-refractivity contribution in [3.05, 3.63) is 117 Å². The molecular formula is C31H25F4N3O4. The maximum Gasteiger partial charge on any atom is 0.573 e. The Morgan fingerprint density at radius 3 is 2.45 bits per heavy atom. The molecule has 11 heteroatoms. The van der Waals surface area contributed by atoms with Crippen molar-refractivity contribution >= 4 is 5.91 Å². The van der Waals surface area contributed by atoms with E-state index < -0.39 is 23.8 Å². The summed E-state index contributed by atoms with van der Waals surface area (Å²) in [5, 5.41) is 10.9. The molecule has 3 aromatic carbocycles. The minimum absolute atomic E-state index is 0.0443. The zero-order chi connectivity index (χ0) is 29.6. The van der Waals surface area contributed by atoms with Gasteiger partial charge in [-0.05, 0) is 65.4 Å². The summed E-state index contributed by atoms with van der Waals surface area (Å²) in [5.74, 6) is -0.882. The van der Waals surface area contributed by atoms with E-state index in [0.717, 1.165) is 18.4 Å². The third-order valence-corrected chi connectivity index (χ3v) is 7.80. The number of nitrogens with one attached hydrogen (secondary N) is 1. The van der Waals surface area contributed by atoms with Crippen LogP contribution in [0.2, 0.25) is 0 Å². The van der Waals surface area contributed by atoms with Crippen molar-refractivity contribution in [2.45, 2.75) is 43.7 Å². The van der Waals surface area contributed by atoms with Gasteiger partial charge in [0.15, 0.2) is 6.10 Å². The monoisotopic (exact) mass is 579 g/mol. The predicted octanol–water partition coefficient (Wildman–Crippen LogP) is 5.17. The summed E-state index contributed by atoms with van der Waals surface area (Å²) in [6, 6.07) is 18.0. The number of nitrogens with zero attached hydrogens (tertiary/aromatic N) is 2. The van der Waals surface area contributed by atoms with Crippen LogP contribution in [0.15, 0.2) is 77.6 Å². The van der Waals surface area contributed by atoms with E-state index in [1.54, 1.807) is 30.3 Å². The molecule has 1 aliphatic carbocycles. The second-order valence-electron chi connectivity index (χ2n) is 10.5. The summed E-state index contributed by atoms with van der Waals surface area (Å²) in [6.07, 6.45) is -4.64. The van der Waals surface area contributed by atoms with Gasteiger partial charge in [-0.15, -0.1) is 13.2 Å². The van der Waals surface area contributed by atoms with Crippen LogP contribution in [0.3, 0.4) is 0 Å². The smallest absolute Gasteiger partial charge is 0.406 e. The van der Waals surface area contributed by atoms with Crippen LogP contribution in [0.4, 0.5) is 17.6 Å². The molecule has 1 saturated carbocycles. The molecule has 1 aliphatic heterocycles. The molecule has 1 fully saturated rings. The number of carbonyl (C=O) groups is 1. The Bertz CT molecular complexity index is 1730. The predicted molar refractivity (Wildman–Crippen MR) is 144 cm³/mol. The number of H-pyrrole nitrogens is 1. The molecule has 0 radical (unpaired) electrons. The Morgan fingerprint density at radius 2 is 1.74 bits per heavy atom. The number of alkyl halides is 3. The first-order valence-corrected chi connectivity index (χ1v) is 13.3. The van der Waals surface area contributed by atoms with Crippen LogP contribution in [-0.2, 0) is 23.2 Å². The first-order chi connectivity index (χ1) is 20.0. The molecule has 2 N–H and O–H groups in total. The lowest BCUT2D eigenvalue weighted by atomic mass is 9.94. The maximum atomic E-state index is 13.9. The minimum atomic E-state index is -4.84. The molecule has 42 heavy (non-hydrogen) atoms. The summed E-state index contributed by atoms with van der Waals surface area (Å²) in [6.45, 7) is 0.180. The normalized spacial score (nSPS) is 16.5. The summed E-state index contributed by atoms with van der Waals surface area (Å²) in [4.78, 5) is 35.4. The van der Waals surface area contributed by atoms with Gasteiger partial charge in [0, 0.05) is 13.0 Å². The van der Waals surface area contributed by atoms with Crippen molar-refractivity contribution < 1.29 is 32.2 Å². The number of ether oxygens (including phenoxy) is 1. The zero-order valence-electron chi connectivity index (χ0n) is 22.1. The number of benzene rings is 3. The molecule has 1 unspecified atom stereocenters. The summed E-state index contributed by atoms with van der Waals surface area (Å²) < 4.78 is 55.8. The van der Waals surface area contributed by atoms with Crippen molar-refractivity contribution in [1.29, 1.82) is 0 Å². The molecule has 2 heterocycles. The first kappa shape index (κ1) is 27.6. The minimum Gasteiger partial charge on any atom is -0.406 e. The van der Waals surface area contributed by atoms with Gasteiger partial charge in [0.05, 0.1) is 23.2 Å². The molecule has 216 valence electrons. The number of rotatable bonds is 6. The number of fused-ring (bicyclic) bond motifs is 1. The van der Waals surface area contributed by atoms with Gasteiger partial charge in [0.2, 0.25) is 0 Å². The van der Waals surface area contributed by atoms with Crippen LogP contribution >= 0.6 is 0 Å². The quantitative estimate of drug-likeness (QED) is 0.308. The van der Waals surface area contributed by atoms with Gasteiger partial charge in [-0.25, -0.2) is 9.37 Å². The Labute approximate surface area is 237 Å². The molecule has 6 rings (SSSR count). The van der Waals surface area contributed by atoms with Gasteiger partial charge >= 0.3 is 6.36 Å². The number of aliphatic hydroxyl groups excluding tert-OH is 1. The number of carbonyl (C=O) groups excluding carboxylic acids is 1. The van der Waals surface area contributed by atoms with E-state index in [1.165, 1.54) is 41.3 Å². The van der Waals surface area contributed by atoms with E-state index in [1.807, 2.05) is 6.07 Å². The molecule has 7 nitrogen and oxygen atoms in total. The van der Waals surface area contributed by atoms with Crippen molar-refractivity contribution in [3.63, 3.8) is 0 Å². The highest BCUT2D eigenvalue weighted by Crippen LogP contribution is 2.52. The lowest BCUT2D eigenvalue weighted by molar-refractivity contribution is -0.274. The van der Waals surface area contributed by atoms with Crippen molar-refractivity contribution in [1.82, 2.24) is 14.9 Å². The average molecular weight is 580 g/mol. The van der Waals surface area contributed by atoms with E-state index in [-0.39, 0.29) is 35.8 Å². The van der Waals surface area contributed by atoms with Gasteiger partial charge in [0.25, 0.3) is 11.5 Å². The van der Waals surface area contributed by atoms with Crippen LogP contribution in [0, 0.1) is 5.82 Å². The Balaban J connectivity index is 1.20. The van der Waals surface area contributed by atoms with E-state index >= 15 is 0 Å². The molecule has 0 saturated heterocycles.